The molecule has 1 heterocycles. The van der Waals surface area contributed by atoms with Crippen molar-refractivity contribution in [1.82, 2.24) is 5.32 Å². The Kier molecular flexibility index (Phi) is 1.58. The molecule has 1 saturated heterocycles. The van der Waals surface area contributed by atoms with Crippen LogP contribution in [0.4, 0.5) is 0 Å². The third kappa shape index (κ3) is 0.954. The predicted molar refractivity (Wildman–Crippen MR) is 50.4 cm³/mol. The molecule has 1 spiro atoms. The van der Waals surface area contributed by atoms with Crippen molar-refractivity contribution in [2.75, 3.05) is 6.54 Å². The summed E-state index contributed by atoms with van der Waals surface area (Å²) in [5.41, 5.74) is 0.412. The summed E-state index contributed by atoms with van der Waals surface area (Å²) in [6.07, 6.45) is 7.08. The monoisotopic (exact) mass is 179 g/mol. The van der Waals surface area contributed by atoms with Gasteiger partial charge in [-0.25, -0.2) is 0 Å². The lowest BCUT2D eigenvalue weighted by Gasteiger charge is -2.38. The van der Waals surface area contributed by atoms with Crippen molar-refractivity contribution in [3.8, 4) is 0 Å². The van der Waals surface area contributed by atoms with Gasteiger partial charge in [0.25, 0.3) is 0 Å². The van der Waals surface area contributed by atoms with Gasteiger partial charge in [-0.2, -0.15) is 0 Å². The van der Waals surface area contributed by atoms with Gasteiger partial charge in [0.05, 0.1) is 0 Å². The number of ketones is 1. The van der Waals surface area contributed by atoms with E-state index < -0.39 is 0 Å². The van der Waals surface area contributed by atoms with Crippen LogP contribution < -0.4 is 5.32 Å². The second-order valence-corrected chi connectivity index (χ2v) is 5.06. The Hall–Kier alpha value is -0.370. The number of hydrogen-bond acceptors (Lipinski definition) is 2. The zero-order valence-corrected chi connectivity index (χ0v) is 8.01. The minimum absolute atomic E-state index is 0.412. The summed E-state index contributed by atoms with van der Waals surface area (Å²) < 4.78 is 0. The number of rotatable bonds is 0. The number of hydrogen-bond donors (Lipinski definition) is 1. The van der Waals surface area contributed by atoms with Gasteiger partial charge in [0, 0.05) is 18.9 Å². The van der Waals surface area contributed by atoms with Gasteiger partial charge in [0.2, 0.25) is 0 Å². The van der Waals surface area contributed by atoms with Crippen LogP contribution in [0.1, 0.15) is 38.5 Å². The van der Waals surface area contributed by atoms with E-state index in [1.165, 1.54) is 25.7 Å². The second-order valence-electron chi connectivity index (χ2n) is 5.06. The fraction of sp³-hybridized carbons (Fsp3) is 0.909. The molecule has 0 bridgehead atoms. The van der Waals surface area contributed by atoms with Crippen molar-refractivity contribution < 1.29 is 4.79 Å². The Morgan fingerprint density at radius 1 is 1.38 bits per heavy atom. The van der Waals surface area contributed by atoms with Crippen molar-refractivity contribution >= 4 is 5.78 Å². The van der Waals surface area contributed by atoms with Crippen LogP contribution in [-0.2, 0) is 4.79 Å². The van der Waals surface area contributed by atoms with Crippen molar-refractivity contribution in [3.05, 3.63) is 0 Å². The van der Waals surface area contributed by atoms with Crippen molar-refractivity contribution in [1.29, 1.82) is 0 Å². The molecule has 1 N–H and O–H groups in total. The lowest BCUT2D eigenvalue weighted by molar-refractivity contribution is -0.118. The van der Waals surface area contributed by atoms with Gasteiger partial charge in [0.15, 0.2) is 0 Å². The molecular weight excluding hydrogens is 162 g/mol. The largest absolute Gasteiger partial charge is 0.313 e. The predicted octanol–water partition coefficient (Wildman–Crippen LogP) is 1.50. The van der Waals surface area contributed by atoms with Gasteiger partial charge in [-0.05, 0) is 30.7 Å². The molecule has 0 amide bonds. The molecule has 0 aromatic rings. The Morgan fingerprint density at radius 3 is 3.23 bits per heavy atom. The highest BCUT2D eigenvalue weighted by Crippen LogP contribution is 2.54. The van der Waals surface area contributed by atoms with E-state index in [1.807, 2.05) is 0 Å². The first-order valence-corrected chi connectivity index (χ1v) is 5.56. The van der Waals surface area contributed by atoms with E-state index in [0.717, 1.165) is 19.4 Å². The van der Waals surface area contributed by atoms with Gasteiger partial charge >= 0.3 is 0 Å². The van der Waals surface area contributed by atoms with Crippen LogP contribution in [0.5, 0.6) is 0 Å². The molecule has 2 aliphatic carbocycles. The molecule has 0 unspecified atom stereocenters. The molecule has 72 valence electrons. The second kappa shape index (κ2) is 2.57. The quantitative estimate of drug-likeness (QED) is 0.610. The van der Waals surface area contributed by atoms with Gasteiger partial charge in [-0.3, -0.25) is 4.79 Å². The van der Waals surface area contributed by atoms with E-state index in [1.54, 1.807) is 0 Å². The zero-order valence-electron chi connectivity index (χ0n) is 8.01. The van der Waals surface area contributed by atoms with E-state index in [-0.39, 0.29) is 0 Å². The van der Waals surface area contributed by atoms with E-state index in [9.17, 15) is 4.79 Å². The minimum atomic E-state index is 0.412. The number of Topliss-reactive ketones (excluding diaryl/α,β-unsaturated/α-hetero) is 1. The Balaban J connectivity index is 1.94. The summed E-state index contributed by atoms with van der Waals surface area (Å²) >= 11 is 0. The van der Waals surface area contributed by atoms with Gasteiger partial charge in [0.1, 0.15) is 5.78 Å². The first-order chi connectivity index (χ1) is 6.31. The summed E-state index contributed by atoms with van der Waals surface area (Å²) in [6, 6.07) is 0.678. The molecule has 3 atom stereocenters. The standard InChI is InChI=1S/C11H17NO/c13-9-5-8-7-12-10-3-1-2-4-11(8,10)6-9/h8,10,12H,1-7H2/t8-,10-,11+/m1/s1. The Bertz CT molecular complexity index is 248. The molecule has 3 rings (SSSR count). The number of carbonyl (C=O) groups is 1. The fourth-order valence-corrected chi connectivity index (χ4v) is 3.89. The molecule has 0 radical (unpaired) electrons. The molecule has 2 nitrogen and oxygen atoms in total. The van der Waals surface area contributed by atoms with E-state index in [0.29, 0.717) is 23.2 Å². The minimum Gasteiger partial charge on any atom is -0.313 e. The maximum absolute atomic E-state index is 11.5. The van der Waals surface area contributed by atoms with Gasteiger partial charge < -0.3 is 5.32 Å². The molecule has 13 heavy (non-hydrogen) atoms. The molecule has 2 saturated carbocycles. The summed E-state index contributed by atoms with van der Waals surface area (Å²) in [6.45, 7) is 1.11. The van der Waals surface area contributed by atoms with Crippen LogP contribution in [0.3, 0.4) is 0 Å². The average Bonchev–Trinajstić information content (AvgIpc) is 2.57. The maximum Gasteiger partial charge on any atom is 0.133 e. The highest BCUT2D eigenvalue weighted by Gasteiger charge is 2.55. The molecule has 1 aliphatic heterocycles. The lowest BCUT2D eigenvalue weighted by atomic mass is 9.67. The third-order valence-corrected chi connectivity index (χ3v) is 4.50. The third-order valence-electron chi connectivity index (χ3n) is 4.50. The highest BCUT2D eigenvalue weighted by atomic mass is 16.1. The molecule has 3 aliphatic rings. The Morgan fingerprint density at radius 2 is 2.31 bits per heavy atom. The van der Waals surface area contributed by atoms with Crippen LogP contribution in [-0.4, -0.2) is 18.4 Å². The highest BCUT2D eigenvalue weighted by molar-refractivity contribution is 5.82. The van der Waals surface area contributed by atoms with Crippen molar-refractivity contribution in [2.45, 2.75) is 44.6 Å². The molecule has 0 aromatic heterocycles. The summed E-state index contributed by atoms with van der Waals surface area (Å²) in [7, 11) is 0. The number of carbonyl (C=O) groups excluding carboxylic acids is 1. The summed E-state index contributed by atoms with van der Waals surface area (Å²) in [4.78, 5) is 11.5. The van der Waals surface area contributed by atoms with Gasteiger partial charge in [-0.15, -0.1) is 0 Å². The van der Waals surface area contributed by atoms with Crippen molar-refractivity contribution in [3.63, 3.8) is 0 Å². The van der Waals surface area contributed by atoms with E-state index in [2.05, 4.69) is 5.32 Å². The van der Waals surface area contributed by atoms with Crippen LogP contribution >= 0.6 is 0 Å². The first-order valence-electron chi connectivity index (χ1n) is 5.56. The van der Waals surface area contributed by atoms with Crippen LogP contribution in [0, 0.1) is 11.3 Å². The normalized spacial score (nSPS) is 49.1. The number of nitrogens with one attached hydrogen (secondary N) is 1. The Labute approximate surface area is 79.1 Å². The van der Waals surface area contributed by atoms with Crippen molar-refractivity contribution in [2.24, 2.45) is 11.3 Å². The maximum atomic E-state index is 11.5. The summed E-state index contributed by atoms with van der Waals surface area (Å²) in [5.74, 6) is 1.21. The first kappa shape index (κ1) is 7.98. The van der Waals surface area contributed by atoms with Crippen LogP contribution in [0.25, 0.3) is 0 Å². The fourth-order valence-electron chi connectivity index (χ4n) is 3.89. The van der Waals surface area contributed by atoms with Crippen LogP contribution in [0.15, 0.2) is 0 Å². The summed E-state index contributed by atoms with van der Waals surface area (Å²) in [5, 5.41) is 3.62. The average molecular weight is 179 g/mol. The molecule has 3 fully saturated rings. The van der Waals surface area contributed by atoms with E-state index >= 15 is 0 Å². The zero-order chi connectivity index (χ0) is 8.89. The van der Waals surface area contributed by atoms with E-state index in [4.69, 9.17) is 0 Å². The molecule has 2 heteroatoms. The smallest absolute Gasteiger partial charge is 0.133 e. The topological polar surface area (TPSA) is 29.1 Å². The lowest BCUT2D eigenvalue weighted by Crippen LogP contribution is -2.40. The van der Waals surface area contributed by atoms with Crippen LogP contribution in [0.2, 0.25) is 0 Å². The van der Waals surface area contributed by atoms with Gasteiger partial charge in [-0.1, -0.05) is 12.8 Å². The molecule has 0 aromatic carbocycles. The molecular formula is C11H17NO. The SMILES string of the molecule is O=C1C[C@@H]2CN[C@@H]3CCCC[C@]23C1.